The third-order valence-electron chi connectivity index (χ3n) is 5.06. The summed E-state index contributed by atoms with van der Waals surface area (Å²) < 4.78 is 2.21. The largest absolute Gasteiger partial charge is 0.340 e. The first-order valence-electron chi connectivity index (χ1n) is 9.49. The van der Waals surface area contributed by atoms with Gasteiger partial charge in [-0.1, -0.05) is 66.2 Å². The van der Waals surface area contributed by atoms with Gasteiger partial charge in [-0.3, -0.25) is 4.79 Å². The summed E-state index contributed by atoms with van der Waals surface area (Å²) in [5, 5.41) is 6.69. The molecule has 0 radical (unpaired) electrons. The molecular weight excluding hydrogens is 346 g/mol. The molecule has 4 nitrogen and oxygen atoms in total. The van der Waals surface area contributed by atoms with E-state index >= 15 is 0 Å². The molecule has 4 rings (SSSR count). The second-order valence-corrected chi connectivity index (χ2v) is 7.03. The number of fused-ring (bicyclic) bond motifs is 3. The predicted octanol–water partition coefficient (Wildman–Crippen LogP) is 5.03. The molecule has 28 heavy (non-hydrogen) atoms. The second kappa shape index (κ2) is 7.69. The summed E-state index contributed by atoms with van der Waals surface area (Å²) >= 11 is 0. The van der Waals surface area contributed by atoms with Crippen LogP contribution >= 0.6 is 0 Å². The predicted molar refractivity (Wildman–Crippen MR) is 116 cm³/mol. The molecule has 0 aliphatic heterocycles. The number of carbonyl (C=O) groups is 1. The maximum absolute atomic E-state index is 12.4. The number of aryl methyl sites for hydroxylation is 2. The number of hydrogen-bond acceptors (Lipinski definition) is 2. The van der Waals surface area contributed by atoms with Crippen molar-refractivity contribution in [1.29, 1.82) is 0 Å². The maximum Gasteiger partial charge on any atom is 0.241 e. The summed E-state index contributed by atoms with van der Waals surface area (Å²) in [6.07, 6.45) is 0.368. The average molecular weight is 369 g/mol. The van der Waals surface area contributed by atoms with Crippen LogP contribution < -0.4 is 5.43 Å². The Balaban J connectivity index is 1.49. The summed E-state index contributed by atoms with van der Waals surface area (Å²) in [7, 11) is 0. The minimum Gasteiger partial charge on any atom is -0.340 e. The van der Waals surface area contributed by atoms with Crippen LogP contribution in [0.5, 0.6) is 0 Å². The Morgan fingerprint density at radius 1 is 0.893 bits per heavy atom. The van der Waals surface area contributed by atoms with Gasteiger partial charge in [-0.2, -0.15) is 5.10 Å². The highest BCUT2D eigenvalue weighted by Crippen LogP contribution is 2.28. The van der Waals surface area contributed by atoms with Crippen LogP contribution in [-0.4, -0.2) is 16.2 Å². The molecule has 0 unspecified atom stereocenters. The van der Waals surface area contributed by atoms with Crippen molar-refractivity contribution in [3.05, 3.63) is 83.9 Å². The second-order valence-electron chi connectivity index (χ2n) is 7.03. The first-order valence-corrected chi connectivity index (χ1v) is 9.49. The van der Waals surface area contributed by atoms with Gasteiger partial charge >= 0.3 is 0 Å². The fraction of sp³-hybridized carbons (Fsp3) is 0.167. The van der Waals surface area contributed by atoms with Crippen LogP contribution in [0.3, 0.4) is 0 Å². The van der Waals surface area contributed by atoms with Gasteiger partial charge in [0.05, 0.1) is 5.71 Å². The zero-order valence-corrected chi connectivity index (χ0v) is 16.1. The number of hydrazone groups is 1. The van der Waals surface area contributed by atoms with Gasteiger partial charge in [0.1, 0.15) is 0 Å². The van der Waals surface area contributed by atoms with Crippen molar-refractivity contribution in [3.8, 4) is 0 Å². The van der Waals surface area contributed by atoms with Crippen LogP contribution in [0, 0.1) is 6.92 Å². The fourth-order valence-electron chi connectivity index (χ4n) is 3.52. The molecule has 1 aromatic heterocycles. The van der Waals surface area contributed by atoms with Gasteiger partial charge < -0.3 is 4.57 Å². The van der Waals surface area contributed by atoms with E-state index in [1.165, 1.54) is 16.3 Å². The molecule has 0 aliphatic carbocycles. The lowest BCUT2D eigenvalue weighted by molar-refractivity contribution is -0.121. The van der Waals surface area contributed by atoms with E-state index in [2.05, 4.69) is 39.4 Å². The lowest BCUT2D eigenvalue weighted by atomic mass is 10.1. The van der Waals surface area contributed by atoms with Crippen molar-refractivity contribution in [3.63, 3.8) is 0 Å². The van der Waals surface area contributed by atoms with Gasteiger partial charge in [0.2, 0.25) is 5.91 Å². The maximum atomic E-state index is 12.4. The van der Waals surface area contributed by atoms with E-state index < -0.39 is 0 Å². The minimum absolute atomic E-state index is 0.0895. The molecule has 1 heterocycles. The summed E-state index contributed by atoms with van der Waals surface area (Å²) in [4.78, 5) is 12.4. The van der Waals surface area contributed by atoms with Gasteiger partial charge in [-0.15, -0.1) is 0 Å². The van der Waals surface area contributed by atoms with Crippen LogP contribution in [0.25, 0.3) is 21.8 Å². The monoisotopic (exact) mass is 369 g/mol. The standard InChI is InChI=1S/C24H23N3O/c1-17-11-13-19(14-12-17)18(2)25-26-24(28)15-16-27-22-9-5-3-7-20(22)21-8-4-6-10-23(21)27/h3-14H,15-16H2,1-2H3,(H,26,28)/b25-18-. The molecule has 1 amide bonds. The molecule has 0 spiro atoms. The molecule has 1 N–H and O–H groups in total. The van der Waals surface area contributed by atoms with Crippen molar-refractivity contribution in [1.82, 2.24) is 9.99 Å². The number of nitrogens with one attached hydrogen (secondary N) is 1. The Labute approximate surface area is 164 Å². The number of benzene rings is 3. The van der Waals surface area contributed by atoms with E-state index in [1.807, 2.05) is 62.4 Å². The molecule has 0 saturated carbocycles. The Morgan fingerprint density at radius 2 is 1.46 bits per heavy atom. The van der Waals surface area contributed by atoms with E-state index in [1.54, 1.807) is 0 Å². The smallest absolute Gasteiger partial charge is 0.241 e. The summed E-state index contributed by atoms with van der Waals surface area (Å²) in [6, 6.07) is 24.7. The van der Waals surface area contributed by atoms with Crippen LogP contribution in [0.2, 0.25) is 0 Å². The molecule has 4 aromatic rings. The third-order valence-corrected chi connectivity index (χ3v) is 5.06. The van der Waals surface area contributed by atoms with Gasteiger partial charge in [-0.25, -0.2) is 5.43 Å². The lowest BCUT2D eigenvalue weighted by Crippen LogP contribution is -2.20. The van der Waals surface area contributed by atoms with Gasteiger partial charge in [0.15, 0.2) is 0 Å². The van der Waals surface area contributed by atoms with E-state index in [9.17, 15) is 4.79 Å². The van der Waals surface area contributed by atoms with Crippen molar-refractivity contribution in [2.24, 2.45) is 5.10 Å². The zero-order valence-electron chi connectivity index (χ0n) is 16.1. The molecule has 0 saturated heterocycles. The third kappa shape index (κ3) is 3.54. The van der Waals surface area contributed by atoms with Crippen LogP contribution in [0.1, 0.15) is 24.5 Å². The van der Waals surface area contributed by atoms with E-state index in [4.69, 9.17) is 0 Å². The van der Waals surface area contributed by atoms with Gasteiger partial charge in [0, 0.05) is 34.8 Å². The Morgan fingerprint density at radius 3 is 2.07 bits per heavy atom. The molecule has 0 fully saturated rings. The highest BCUT2D eigenvalue weighted by molar-refractivity contribution is 6.08. The molecule has 0 aliphatic rings. The van der Waals surface area contributed by atoms with E-state index in [0.717, 1.165) is 22.3 Å². The van der Waals surface area contributed by atoms with Gasteiger partial charge in [-0.05, 0) is 31.5 Å². The lowest BCUT2D eigenvalue weighted by Gasteiger charge is -2.07. The highest BCUT2D eigenvalue weighted by atomic mass is 16.2. The number of aromatic nitrogens is 1. The highest BCUT2D eigenvalue weighted by Gasteiger charge is 2.11. The van der Waals surface area contributed by atoms with E-state index in [0.29, 0.717) is 13.0 Å². The molecular formula is C24H23N3O. The molecule has 140 valence electrons. The summed E-state index contributed by atoms with van der Waals surface area (Å²) in [5.41, 5.74) is 7.99. The Hall–Kier alpha value is -3.40. The normalized spacial score (nSPS) is 11.9. The minimum atomic E-state index is -0.0895. The average Bonchev–Trinajstić information content (AvgIpc) is 3.05. The van der Waals surface area contributed by atoms with Crippen molar-refractivity contribution >= 4 is 33.4 Å². The topological polar surface area (TPSA) is 46.4 Å². The number of rotatable bonds is 5. The molecule has 4 heteroatoms. The van der Waals surface area contributed by atoms with Crippen molar-refractivity contribution in [2.75, 3.05) is 0 Å². The summed E-state index contributed by atoms with van der Waals surface area (Å²) in [5.74, 6) is -0.0895. The Bertz CT molecular complexity index is 1120. The first-order chi connectivity index (χ1) is 13.6. The number of nitrogens with zero attached hydrogens (tertiary/aromatic N) is 2. The first kappa shape index (κ1) is 18.0. The Kier molecular flexibility index (Phi) is 4.94. The SMILES string of the molecule is C/C(=N/NC(=O)CCn1c2ccccc2c2ccccc21)c1ccc(C)cc1. The van der Waals surface area contributed by atoms with E-state index in [-0.39, 0.29) is 5.91 Å². The van der Waals surface area contributed by atoms with Crippen molar-refractivity contribution < 1.29 is 4.79 Å². The van der Waals surface area contributed by atoms with Crippen LogP contribution in [-0.2, 0) is 11.3 Å². The molecule has 3 aromatic carbocycles. The van der Waals surface area contributed by atoms with Crippen LogP contribution in [0.15, 0.2) is 77.9 Å². The molecule has 0 atom stereocenters. The zero-order chi connectivity index (χ0) is 19.5. The van der Waals surface area contributed by atoms with Crippen molar-refractivity contribution in [2.45, 2.75) is 26.8 Å². The number of para-hydroxylation sites is 2. The number of carbonyl (C=O) groups excluding carboxylic acids is 1. The number of amides is 1. The van der Waals surface area contributed by atoms with Crippen LogP contribution in [0.4, 0.5) is 0 Å². The fourth-order valence-corrected chi connectivity index (χ4v) is 3.52. The molecule has 0 bridgehead atoms. The number of hydrogen-bond donors (Lipinski definition) is 1. The quantitative estimate of drug-likeness (QED) is 0.389. The summed E-state index contributed by atoms with van der Waals surface area (Å²) in [6.45, 7) is 4.56. The van der Waals surface area contributed by atoms with Gasteiger partial charge in [0.25, 0.3) is 0 Å².